The van der Waals surface area contributed by atoms with Crippen LogP contribution in [0.2, 0.25) is 0 Å². The smallest absolute Gasteiger partial charge is 0.225 e. The molecule has 3 N–H and O–H groups in total. The highest BCUT2D eigenvalue weighted by Gasteiger charge is 2.15. The van der Waals surface area contributed by atoms with Gasteiger partial charge in [0.1, 0.15) is 5.82 Å². The van der Waals surface area contributed by atoms with E-state index in [0.717, 1.165) is 17.7 Å². The van der Waals surface area contributed by atoms with Crippen molar-refractivity contribution < 1.29 is 13.9 Å². The Balaban J connectivity index is 1.97. The standard InChI is InChI=1S/C20H21F2N5O/c1-12(2)18(11-28)26-20-25-17(13-5-7-23-8-6-13)10-19(27-20)24-14-3-4-15(21)16(22)9-14/h3-10,12,18,28H,11H2,1-2H3,(H2,24,25,26,27)/t18-/m0/s1. The first-order valence-corrected chi connectivity index (χ1v) is 8.85. The summed E-state index contributed by atoms with van der Waals surface area (Å²) in [5.74, 6) is -1.01. The van der Waals surface area contributed by atoms with Gasteiger partial charge in [0.15, 0.2) is 11.6 Å². The first-order valence-electron chi connectivity index (χ1n) is 8.85. The van der Waals surface area contributed by atoms with E-state index in [1.54, 1.807) is 30.6 Å². The Kier molecular flexibility index (Phi) is 6.10. The highest BCUT2D eigenvalue weighted by molar-refractivity contribution is 5.67. The van der Waals surface area contributed by atoms with Crippen molar-refractivity contribution in [2.24, 2.45) is 5.92 Å². The highest BCUT2D eigenvalue weighted by atomic mass is 19.2. The molecular formula is C20H21F2N5O. The highest BCUT2D eigenvalue weighted by Crippen LogP contribution is 2.24. The van der Waals surface area contributed by atoms with Crippen molar-refractivity contribution in [2.75, 3.05) is 17.2 Å². The third kappa shape index (κ3) is 4.77. The maximum absolute atomic E-state index is 13.5. The van der Waals surface area contributed by atoms with Crippen LogP contribution in [0.25, 0.3) is 11.3 Å². The van der Waals surface area contributed by atoms with E-state index in [0.29, 0.717) is 23.1 Å². The molecule has 28 heavy (non-hydrogen) atoms. The van der Waals surface area contributed by atoms with Crippen LogP contribution in [-0.4, -0.2) is 32.7 Å². The van der Waals surface area contributed by atoms with Crippen molar-refractivity contribution in [1.29, 1.82) is 0 Å². The van der Waals surface area contributed by atoms with Gasteiger partial charge in [0.05, 0.1) is 18.3 Å². The lowest BCUT2D eigenvalue weighted by Crippen LogP contribution is -2.30. The van der Waals surface area contributed by atoms with Crippen molar-refractivity contribution in [2.45, 2.75) is 19.9 Å². The maximum atomic E-state index is 13.5. The van der Waals surface area contributed by atoms with Gasteiger partial charge in [-0.1, -0.05) is 13.8 Å². The molecule has 0 fully saturated rings. The van der Waals surface area contributed by atoms with E-state index in [2.05, 4.69) is 25.6 Å². The summed E-state index contributed by atoms with van der Waals surface area (Å²) in [5.41, 5.74) is 1.79. The van der Waals surface area contributed by atoms with E-state index < -0.39 is 11.6 Å². The van der Waals surface area contributed by atoms with Crippen LogP contribution in [0, 0.1) is 17.6 Å². The van der Waals surface area contributed by atoms with E-state index in [1.807, 2.05) is 13.8 Å². The minimum atomic E-state index is -0.952. The Morgan fingerprint density at radius 1 is 1.00 bits per heavy atom. The lowest BCUT2D eigenvalue weighted by molar-refractivity contribution is 0.248. The summed E-state index contributed by atoms with van der Waals surface area (Å²) in [7, 11) is 0. The first-order chi connectivity index (χ1) is 13.5. The monoisotopic (exact) mass is 385 g/mol. The number of aliphatic hydroxyl groups excluding tert-OH is 1. The number of aliphatic hydroxyl groups is 1. The van der Waals surface area contributed by atoms with Crippen molar-refractivity contribution in [1.82, 2.24) is 15.0 Å². The number of halogens is 2. The van der Waals surface area contributed by atoms with Gasteiger partial charge in [-0.25, -0.2) is 13.8 Å². The predicted molar refractivity (Wildman–Crippen MR) is 104 cm³/mol. The fourth-order valence-corrected chi connectivity index (χ4v) is 2.56. The molecule has 0 saturated heterocycles. The number of pyridine rings is 1. The minimum absolute atomic E-state index is 0.0769. The molecule has 0 unspecified atom stereocenters. The zero-order chi connectivity index (χ0) is 20.1. The molecule has 6 nitrogen and oxygen atoms in total. The largest absolute Gasteiger partial charge is 0.394 e. The number of hydrogen-bond donors (Lipinski definition) is 3. The van der Waals surface area contributed by atoms with E-state index in [4.69, 9.17) is 0 Å². The molecule has 2 aromatic heterocycles. The number of rotatable bonds is 7. The number of benzene rings is 1. The zero-order valence-corrected chi connectivity index (χ0v) is 15.5. The molecule has 0 spiro atoms. The number of nitrogens with one attached hydrogen (secondary N) is 2. The summed E-state index contributed by atoms with van der Waals surface area (Å²) < 4.78 is 26.7. The number of nitrogens with zero attached hydrogens (tertiary/aromatic N) is 3. The Hall–Kier alpha value is -3.13. The lowest BCUT2D eigenvalue weighted by Gasteiger charge is -2.20. The second kappa shape index (κ2) is 8.71. The summed E-state index contributed by atoms with van der Waals surface area (Å²) in [4.78, 5) is 12.9. The molecule has 1 atom stereocenters. The molecule has 0 bridgehead atoms. The molecule has 0 aliphatic carbocycles. The quantitative estimate of drug-likeness (QED) is 0.570. The molecule has 146 valence electrons. The van der Waals surface area contributed by atoms with Crippen LogP contribution in [0.1, 0.15) is 13.8 Å². The molecule has 3 rings (SSSR count). The fraction of sp³-hybridized carbons (Fsp3) is 0.250. The molecule has 2 heterocycles. The summed E-state index contributed by atoms with van der Waals surface area (Å²) >= 11 is 0. The SMILES string of the molecule is CC(C)[C@H](CO)Nc1nc(Nc2ccc(F)c(F)c2)cc(-c2ccncc2)n1. The van der Waals surface area contributed by atoms with Gasteiger partial charge in [0.25, 0.3) is 0 Å². The molecule has 0 radical (unpaired) electrons. The summed E-state index contributed by atoms with van der Waals surface area (Å²) in [6, 6.07) is 8.60. The molecule has 0 aliphatic heterocycles. The topological polar surface area (TPSA) is 83.0 Å². The molecular weight excluding hydrogens is 364 g/mol. The van der Waals surface area contributed by atoms with Crippen molar-refractivity contribution in [3.63, 3.8) is 0 Å². The van der Waals surface area contributed by atoms with Gasteiger partial charge in [-0.2, -0.15) is 4.98 Å². The molecule has 1 aromatic carbocycles. The normalized spacial score (nSPS) is 12.1. The minimum Gasteiger partial charge on any atom is -0.394 e. The second-order valence-corrected chi connectivity index (χ2v) is 6.63. The van der Waals surface area contributed by atoms with Gasteiger partial charge in [-0.15, -0.1) is 0 Å². The van der Waals surface area contributed by atoms with Gasteiger partial charge < -0.3 is 15.7 Å². The third-order valence-electron chi connectivity index (χ3n) is 4.21. The molecule has 3 aromatic rings. The number of hydrogen-bond acceptors (Lipinski definition) is 6. The van der Waals surface area contributed by atoms with Crippen molar-refractivity contribution >= 4 is 17.5 Å². The zero-order valence-electron chi connectivity index (χ0n) is 15.5. The Labute approximate surface area is 161 Å². The average molecular weight is 385 g/mol. The van der Waals surface area contributed by atoms with Crippen LogP contribution in [0.3, 0.4) is 0 Å². The van der Waals surface area contributed by atoms with Gasteiger partial charge in [-0.05, 0) is 30.2 Å². The average Bonchev–Trinajstić information content (AvgIpc) is 2.69. The molecule has 8 heteroatoms. The van der Waals surface area contributed by atoms with Crippen LogP contribution < -0.4 is 10.6 Å². The molecule has 0 amide bonds. The van der Waals surface area contributed by atoms with E-state index in [-0.39, 0.29) is 18.6 Å². The lowest BCUT2D eigenvalue weighted by atomic mass is 10.1. The van der Waals surface area contributed by atoms with Crippen LogP contribution in [-0.2, 0) is 0 Å². The van der Waals surface area contributed by atoms with Crippen LogP contribution in [0.4, 0.5) is 26.2 Å². The molecule has 0 saturated carbocycles. The predicted octanol–water partition coefficient (Wildman–Crippen LogP) is 3.99. The van der Waals surface area contributed by atoms with Gasteiger partial charge in [-0.3, -0.25) is 4.98 Å². The van der Waals surface area contributed by atoms with E-state index in [1.165, 1.54) is 6.07 Å². The van der Waals surface area contributed by atoms with Crippen LogP contribution in [0.15, 0.2) is 48.8 Å². The number of anilines is 3. The van der Waals surface area contributed by atoms with Gasteiger partial charge in [0, 0.05) is 35.8 Å². The van der Waals surface area contributed by atoms with Crippen LogP contribution in [0.5, 0.6) is 0 Å². The van der Waals surface area contributed by atoms with E-state index in [9.17, 15) is 13.9 Å². The van der Waals surface area contributed by atoms with Crippen molar-refractivity contribution in [3.05, 3.63) is 60.4 Å². The van der Waals surface area contributed by atoms with Crippen molar-refractivity contribution in [3.8, 4) is 11.3 Å². The summed E-state index contributed by atoms with van der Waals surface area (Å²) in [5, 5.41) is 15.7. The molecule has 0 aliphatic rings. The Bertz CT molecular complexity index is 937. The number of aromatic nitrogens is 3. The van der Waals surface area contributed by atoms with Gasteiger partial charge >= 0.3 is 0 Å². The summed E-state index contributed by atoms with van der Waals surface area (Å²) in [6.45, 7) is 3.87. The fourth-order valence-electron chi connectivity index (χ4n) is 2.56. The maximum Gasteiger partial charge on any atom is 0.225 e. The Morgan fingerprint density at radius 3 is 2.39 bits per heavy atom. The van der Waals surface area contributed by atoms with Crippen LogP contribution >= 0.6 is 0 Å². The third-order valence-corrected chi connectivity index (χ3v) is 4.21. The summed E-state index contributed by atoms with van der Waals surface area (Å²) in [6.07, 6.45) is 3.30. The van der Waals surface area contributed by atoms with E-state index >= 15 is 0 Å². The first kappa shape index (κ1) is 19.6. The second-order valence-electron chi connectivity index (χ2n) is 6.63. The van der Waals surface area contributed by atoms with Gasteiger partial charge in [0.2, 0.25) is 5.95 Å². The Morgan fingerprint density at radius 2 is 1.75 bits per heavy atom.